The second kappa shape index (κ2) is 5.19. The highest BCUT2D eigenvalue weighted by Crippen LogP contribution is 2.30. The average Bonchev–Trinajstić information content (AvgIpc) is 3.12. The molecular weight excluding hydrogens is 264 g/mol. The van der Waals surface area contributed by atoms with Crippen molar-refractivity contribution in [2.24, 2.45) is 0 Å². The number of nitrogens with one attached hydrogen (secondary N) is 2. The second-order valence-electron chi connectivity index (χ2n) is 6.70. The Hall–Kier alpha value is -1.81. The van der Waals surface area contributed by atoms with Crippen molar-refractivity contribution in [3.05, 3.63) is 36.0 Å². The molecule has 3 rings (SSSR count). The molecule has 112 valence electrons. The first-order chi connectivity index (χ1) is 9.94. The van der Waals surface area contributed by atoms with Crippen LogP contribution in [0.2, 0.25) is 0 Å². The minimum atomic E-state index is -0.479. The number of esters is 1. The summed E-state index contributed by atoms with van der Waals surface area (Å²) in [6, 6.07) is 8.04. The van der Waals surface area contributed by atoms with Crippen molar-refractivity contribution in [1.29, 1.82) is 0 Å². The van der Waals surface area contributed by atoms with Crippen molar-refractivity contribution in [3.8, 4) is 0 Å². The van der Waals surface area contributed by atoms with Crippen LogP contribution in [0.15, 0.2) is 30.5 Å². The van der Waals surface area contributed by atoms with Gasteiger partial charge in [0.1, 0.15) is 11.6 Å². The molecule has 1 atom stereocenters. The molecule has 0 aliphatic heterocycles. The Balaban J connectivity index is 1.93. The van der Waals surface area contributed by atoms with Gasteiger partial charge in [0.15, 0.2) is 0 Å². The number of benzene rings is 1. The van der Waals surface area contributed by atoms with Gasteiger partial charge in [-0.1, -0.05) is 18.2 Å². The van der Waals surface area contributed by atoms with E-state index >= 15 is 0 Å². The first kappa shape index (κ1) is 14.1. The lowest BCUT2D eigenvalue weighted by Crippen LogP contribution is -2.36. The van der Waals surface area contributed by atoms with Crippen LogP contribution in [0.5, 0.6) is 0 Å². The third kappa shape index (κ3) is 3.27. The number of carbonyl (C=O) groups is 1. The van der Waals surface area contributed by atoms with E-state index in [4.69, 9.17) is 4.74 Å². The molecule has 0 saturated heterocycles. The number of rotatable bonds is 4. The largest absolute Gasteiger partial charge is 0.459 e. The van der Waals surface area contributed by atoms with Gasteiger partial charge in [-0.15, -0.1) is 0 Å². The van der Waals surface area contributed by atoms with Gasteiger partial charge in [-0.2, -0.15) is 0 Å². The van der Waals surface area contributed by atoms with Gasteiger partial charge in [0.05, 0.1) is 0 Å². The predicted molar refractivity (Wildman–Crippen MR) is 83.0 cm³/mol. The van der Waals surface area contributed by atoms with E-state index in [0.717, 1.165) is 29.3 Å². The number of hydrogen-bond donors (Lipinski definition) is 2. The van der Waals surface area contributed by atoms with Crippen molar-refractivity contribution in [2.75, 3.05) is 0 Å². The van der Waals surface area contributed by atoms with Gasteiger partial charge in [-0.05, 0) is 39.7 Å². The zero-order valence-electron chi connectivity index (χ0n) is 12.8. The fraction of sp³-hybridized carbons (Fsp3) is 0.471. The molecule has 2 N–H and O–H groups in total. The maximum Gasteiger partial charge on any atom is 0.328 e. The highest BCUT2D eigenvalue weighted by Gasteiger charge is 2.33. The number of aromatic nitrogens is 1. The van der Waals surface area contributed by atoms with Gasteiger partial charge in [0, 0.05) is 28.7 Å². The van der Waals surface area contributed by atoms with Gasteiger partial charge < -0.3 is 9.72 Å². The summed E-state index contributed by atoms with van der Waals surface area (Å²) in [6.45, 7) is 5.69. The Labute approximate surface area is 124 Å². The summed E-state index contributed by atoms with van der Waals surface area (Å²) < 4.78 is 5.59. The van der Waals surface area contributed by atoms with E-state index in [9.17, 15) is 4.79 Å². The molecular formula is C17H22N2O2. The third-order valence-corrected chi connectivity index (χ3v) is 3.55. The van der Waals surface area contributed by atoms with E-state index in [1.807, 2.05) is 51.2 Å². The molecule has 1 unspecified atom stereocenters. The van der Waals surface area contributed by atoms with E-state index in [2.05, 4.69) is 10.3 Å². The summed E-state index contributed by atoms with van der Waals surface area (Å²) in [5.74, 6) is -0.209. The molecule has 21 heavy (non-hydrogen) atoms. The summed E-state index contributed by atoms with van der Waals surface area (Å²) in [5.41, 5.74) is 1.53. The lowest BCUT2D eigenvalue weighted by Gasteiger charge is -2.24. The molecule has 1 aromatic carbocycles. The molecule has 1 aromatic heterocycles. The van der Waals surface area contributed by atoms with E-state index in [-0.39, 0.29) is 5.97 Å². The van der Waals surface area contributed by atoms with Crippen LogP contribution in [0.3, 0.4) is 0 Å². The summed E-state index contributed by atoms with van der Waals surface area (Å²) in [6.07, 6.45) is 4.16. The molecule has 4 nitrogen and oxygen atoms in total. The molecule has 0 radical (unpaired) electrons. The zero-order valence-corrected chi connectivity index (χ0v) is 12.8. The van der Waals surface area contributed by atoms with Crippen LogP contribution >= 0.6 is 0 Å². The highest BCUT2D eigenvalue weighted by atomic mass is 16.6. The quantitative estimate of drug-likeness (QED) is 0.848. The maximum atomic E-state index is 12.6. The fourth-order valence-corrected chi connectivity index (χ4v) is 2.46. The van der Waals surface area contributed by atoms with Gasteiger partial charge >= 0.3 is 5.97 Å². The minimum Gasteiger partial charge on any atom is -0.459 e. The standard InChI is InChI=1S/C17H22N2O2/c1-17(2,3)21-16(20)15(19-11-8-9-11)13-10-18-14-7-5-4-6-12(13)14/h4-7,10-11,15,18-19H,8-9H2,1-3H3. The summed E-state index contributed by atoms with van der Waals surface area (Å²) >= 11 is 0. The van der Waals surface area contributed by atoms with E-state index in [0.29, 0.717) is 6.04 Å². The Kier molecular flexibility index (Phi) is 3.49. The zero-order chi connectivity index (χ0) is 15.0. The molecule has 1 aliphatic rings. The van der Waals surface area contributed by atoms with Gasteiger partial charge in [0.25, 0.3) is 0 Å². The van der Waals surface area contributed by atoms with Gasteiger partial charge in [0.2, 0.25) is 0 Å². The lowest BCUT2D eigenvalue weighted by molar-refractivity contribution is -0.157. The number of ether oxygens (including phenoxy) is 1. The number of fused-ring (bicyclic) bond motifs is 1. The maximum absolute atomic E-state index is 12.6. The Bertz CT molecular complexity index is 650. The molecule has 0 spiro atoms. The van der Waals surface area contributed by atoms with Crippen LogP contribution in [0.1, 0.15) is 45.2 Å². The smallest absolute Gasteiger partial charge is 0.328 e. The number of para-hydroxylation sites is 1. The third-order valence-electron chi connectivity index (χ3n) is 3.55. The van der Waals surface area contributed by atoms with Crippen molar-refractivity contribution >= 4 is 16.9 Å². The number of H-pyrrole nitrogens is 1. The average molecular weight is 286 g/mol. The first-order valence-corrected chi connectivity index (χ1v) is 7.49. The topological polar surface area (TPSA) is 54.1 Å². The molecule has 1 fully saturated rings. The van der Waals surface area contributed by atoms with Crippen LogP contribution in [0.25, 0.3) is 10.9 Å². The minimum absolute atomic E-state index is 0.209. The first-order valence-electron chi connectivity index (χ1n) is 7.49. The van der Waals surface area contributed by atoms with Crippen molar-refractivity contribution in [3.63, 3.8) is 0 Å². The fourth-order valence-electron chi connectivity index (χ4n) is 2.46. The lowest BCUT2D eigenvalue weighted by atomic mass is 10.1. The summed E-state index contributed by atoms with van der Waals surface area (Å²) in [7, 11) is 0. The molecule has 1 heterocycles. The molecule has 0 amide bonds. The Morgan fingerprint density at radius 2 is 2.05 bits per heavy atom. The SMILES string of the molecule is CC(C)(C)OC(=O)C(NC1CC1)c1c[nH]c2ccccc12. The van der Waals surface area contributed by atoms with Crippen molar-refractivity contribution < 1.29 is 9.53 Å². The monoisotopic (exact) mass is 286 g/mol. The number of carbonyl (C=O) groups excluding carboxylic acids is 1. The molecule has 2 aromatic rings. The van der Waals surface area contributed by atoms with Crippen molar-refractivity contribution in [2.45, 2.75) is 51.3 Å². The summed E-state index contributed by atoms with van der Waals surface area (Å²) in [5, 5.41) is 4.48. The van der Waals surface area contributed by atoms with Crippen LogP contribution < -0.4 is 5.32 Å². The van der Waals surface area contributed by atoms with Crippen LogP contribution in [-0.4, -0.2) is 22.6 Å². The predicted octanol–water partition coefficient (Wildman–Crippen LogP) is 3.30. The number of hydrogen-bond acceptors (Lipinski definition) is 3. The number of aromatic amines is 1. The Morgan fingerprint density at radius 1 is 1.33 bits per heavy atom. The second-order valence-corrected chi connectivity index (χ2v) is 6.70. The van der Waals surface area contributed by atoms with Crippen LogP contribution in [0, 0.1) is 0 Å². The normalized spacial score (nSPS) is 16.9. The van der Waals surface area contributed by atoms with Gasteiger partial charge in [-0.3, -0.25) is 5.32 Å². The highest BCUT2D eigenvalue weighted by molar-refractivity contribution is 5.89. The molecule has 0 bridgehead atoms. The van der Waals surface area contributed by atoms with E-state index in [1.54, 1.807) is 0 Å². The van der Waals surface area contributed by atoms with E-state index < -0.39 is 11.6 Å². The van der Waals surface area contributed by atoms with Crippen molar-refractivity contribution in [1.82, 2.24) is 10.3 Å². The van der Waals surface area contributed by atoms with Crippen LogP contribution in [0.4, 0.5) is 0 Å². The Morgan fingerprint density at radius 3 is 2.71 bits per heavy atom. The molecule has 4 heteroatoms. The summed E-state index contributed by atoms with van der Waals surface area (Å²) in [4.78, 5) is 15.8. The molecule has 1 aliphatic carbocycles. The van der Waals surface area contributed by atoms with Crippen LogP contribution in [-0.2, 0) is 9.53 Å². The van der Waals surface area contributed by atoms with Gasteiger partial charge in [-0.25, -0.2) is 4.79 Å². The van der Waals surface area contributed by atoms with E-state index in [1.165, 1.54) is 0 Å². The molecule has 1 saturated carbocycles.